The summed E-state index contributed by atoms with van der Waals surface area (Å²) in [4.78, 5) is 25.0. The van der Waals surface area contributed by atoms with Gasteiger partial charge in [0.15, 0.2) is 5.82 Å². The first kappa shape index (κ1) is 16.3. The van der Waals surface area contributed by atoms with Crippen LogP contribution < -0.4 is 5.73 Å². The minimum Gasteiger partial charge on any atom is -0.480 e. The summed E-state index contributed by atoms with van der Waals surface area (Å²) in [6.45, 7) is 0.914. The quantitative estimate of drug-likeness (QED) is 0.750. The summed E-state index contributed by atoms with van der Waals surface area (Å²) in [7, 11) is 0. The first-order valence-electron chi connectivity index (χ1n) is 7.49. The molecule has 1 amide bonds. The van der Waals surface area contributed by atoms with Crippen molar-refractivity contribution in [2.75, 3.05) is 18.8 Å². The smallest absolute Gasteiger partial charge is 0.325 e. The predicted molar refractivity (Wildman–Crippen MR) is 85.8 cm³/mol. The Labute approximate surface area is 142 Å². The summed E-state index contributed by atoms with van der Waals surface area (Å²) in [5.41, 5.74) is 6.53. The summed E-state index contributed by atoms with van der Waals surface area (Å²) in [6, 6.07) is 1.79. The van der Waals surface area contributed by atoms with E-state index in [1.165, 1.54) is 4.68 Å². The fourth-order valence-corrected chi connectivity index (χ4v) is 3.03. The van der Waals surface area contributed by atoms with Gasteiger partial charge in [-0.1, -0.05) is 11.6 Å². The highest BCUT2D eigenvalue weighted by atomic mass is 35.5. The van der Waals surface area contributed by atoms with Crippen molar-refractivity contribution in [1.29, 1.82) is 0 Å². The van der Waals surface area contributed by atoms with E-state index in [1.807, 2.05) is 0 Å². The highest BCUT2D eigenvalue weighted by Gasteiger charge is 2.29. The number of anilines is 1. The monoisotopic (exact) mass is 352 g/mol. The number of rotatable bonds is 4. The number of piperidine rings is 1. The maximum Gasteiger partial charge on any atom is 0.325 e. The molecule has 4 N–H and O–H groups in total. The minimum absolute atomic E-state index is 0.0526. The van der Waals surface area contributed by atoms with E-state index in [2.05, 4.69) is 15.3 Å². The van der Waals surface area contributed by atoms with Gasteiger partial charge in [-0.05, 0) is 18.9 Å². The maximum atomic E-state index is 12.6. The minimum atomic E-state index is -0.948. The van der Waals surface area contributed by atoms with E-state index in [-0.39, 0.29) is 34.9 Å². The van der Waals surface area contributed by atoms with Crippen LogP contribution in [0.5, 0.6) is 0 Å². The second-order valence-corrected chi connectivity index (χ2v) is 6.10. The molecule has 3 heterocycles. The Hall–Kier alpha value is -2.55. The van der Waals surface area contributed by atoms with Crippen LogP contribution in [0, 0.1) is 0 Å². The standard InChI is InChI=1S/C14H17ClN6O3/c15-11-12(17-18-13(11)16)14(24)20-4-1-2-8(6-20)9-3-5-21(19-9)7-10(22)23/h3,5,8H,1-2,4,6-7H2,(H,22,23)(H3,16,17,18). The Morgan fingerprint density at radius 3 is 2.96 bits per heavy atom. The third kappa shape index (κ3) is 3.21. The van der Waals surface area contributed by atoms with E-state index >= 15 is 0 Å². The summed E-state index contributed by atoms with van der Waals surface area (Å²) in [6.07, 6.45) is 3.34. The number of H-pyrrole nitrogens is 1. The van der Waals surface area contributed by atoms with Crippen LogP contribution in [0.1, 0.15) is 34.9 Å². The lowest BCUT2D eigenvalue weighted by atomic mass is 9.95. The van der Waals surface area contributed by atoms with E-state index in [0.29, 0.717) is 13.1 Å². The first-order valence-corrected chi connectivity index (χ1v) is 7.87. The van der Waals surface area contributed by atoms with Crippen LogP contribution in [0.15, 0.2) is 12.3 Å². The number of aromatic amines is 1. The Morgan fingerprint density at radius 1 is 1.50 bits per heavy atom. The molecule has 24 heavy (non-hydrogen) atoms. The van der Waals surface area contributed by atoms with Gasteiger partial charge in [-0.25, -0.2) is 0 Å². The van der Waals surface area contributed by atoms with Gasteiger partial charge in [-0.15, -0.1) is 0 Å². The lowest BCUT2D eigenvalue weighted by Gasteiger charge is -2.31. The SMILES string of the molecule is Nc1n[nH]c(C(=O)N2CCCC(c3ccn(CC(=O)O)n3)C2)c1Cl. The first-order chi connectivity index (χ1) is 11.5. The molecule has 1 saturated heterocycles. The molecule has 1 atom stereocenters. The Bertz CT molecular complexity index is 770. The predicted octanol–water partition coefficient (Wildman–Crippen LogP) is 0.946. The van der Waals surface area contributed by atoms with Gasteiger partial charge < -0.3 is 15.7 Å². The number of nitrogen functional groups attached to an aromatic ring is 1. The molecule has 1 aliphatic rings. The van der Waals surface area contributed by atoms with Crippen molar-refractivity contribution in [3.63, 3.8) is 0 Å². The Morgan fingerprint density at radius 2 is 2.29 bits per heavy atom. The Kier molecular flexibility index (Phi) is 4.43. The number of nitrogens with two attached hydrogens (primary N) is 1. The molecule has 1 aliphatic heterocycles. The van der Waals surface area contributed by atoms with Crippen molar-refractivity contribution in [3.8, 4) is 0 Å². The zero-order valence-corrected chi connectivity index (χ0v) is 13.5. The van der Waals surface area contributed by atoms with Crippen LogP contribution in [0.25, 0.3) is 0 Å². The summed E-state index contributed by atoms with van der Waals surface area (Å²) >= 11 is 5.99. The molecule has 2 aromatic heterocycles. The number of carboxylic acid groups (broad SMARTS) is 1. The van der Waals surface area contributed by atoms with Gasteiger partial charge in [0.2, 0.25) is 0 Å². The number of aromatic nitrogens is 4. The zero-order chi connectivity index (χ0) is 17.3. The van der Waals surface area contributed by atoms with Crippen LogP contribution in [0.3, 0.4) is 0 Å². The topological polar surface area (TPSA) is 130 Å². The van der Waals surface area contributed by atoms with Crippen LogP contribution in [0.4, 0.5) is 5.82 Å². The molecule has 0 saturated carbocycles. The van der Waals surface area contributed by atoms with Crippen LogP contribution in [-0.2, 0) is 11.3 Å². The number of carbonyl (C=O) groups is 2. The zero-order valence-electron chi connectivity index (χ0n) is 12.8. The number of likely N-dealkylation sites (tertiary alicyclic amines) is 1. The number of aliphatic carboxylic acids is 1. The van der Waals surface area contributed by atoms with Crippen molar-refractivity contribution >= 4 is 29.3 Å². The second kappa shape index (κ2) is 6.52. The number of amides is 1. The molecule has 1 fully saturated rings. The molecule has 0 spiro atoms. The molecule has 9 nitrogen and oxygen atoms in total. The Balaban J connectivity index is 1.72. The number of hydrogen-bond acceptors (Lipinski definition) is 5. The number of carboxylic acids is 1. The van der Waals surface area contributed by atoms with Crippen LogP contribution >= 0.6 is 11.6 Å². The molecule has 10 heteroatoms. The van der Waals surface area contributed by atoms with Crippen molar-refractivity contribution in [3.05, 3.63) is 28.7 Å². The van der Waals surface area contributed by atoms with Gasteiger partial charge in [0.1, 0.15) is 17.3 Å². The largest absolute Gasteiger partial charge is 0.480 e. The average Bonchev–Trinajstić information content (AvgIpc) is 3.14. The number of nitrogens with one attached hydrogen (secondary N) is 1. The third-order valence-electron chi connectivity index (χ3n) is 4.03. The molecular weight excluding hydrogens is 336 g/mol. The van der Waals surface area contributed by atoms with Gasteiger partial charge in [0.25, 0.3) is 5.91 Å². The number of carbonyl (C=O) groups excluding carboxylic acids is 1. The summed E-state index contributed by atoms with van der Waals surface area (Å²) < 4.78 is 1.38. The van der Waals surface area contributed by atoms with E-state index < -0.39 is 5.97 Å². The highest BCUT2D eigenvalue weighted by molar-refractivity contribution is 6.35. The van der Waals surface area contributed by atoms with Gasteiger partial charge in [0.05, 0.1) is 5.69 Å². The molecule has 0 radical (unpaired) electrons. The lowest BCUT2D eigenvalue weighted by molar-refractivity contribution is -0.137. The number of nitrogens with zero attached hydrogens (tertiary/aromatic N) is 4. The fourth-order valence-electron chi connectivity index (χ4n) is 2.87. The molecule has 128 valence electrons. The summed E-state index contributed by atoms with van der Waals surface area (Å²) in [5, 5.41) is 19.5. The third-order valence-corrected chi connectivity index (χ3v) is 4.41. The van der Waals surface area contributed by atoms with E-state index in [1.54, 1.807) is 17.2 Å². The van der Waals surface area contributed by atoms with E-state index in [4.69, 9.17) is 22.4 Å². The summed E-state index contributed by atoms with van der Waals surface area (Å²) in [5.74, 6) is -1.05. The van der Waals surface area contributed by atoms with Gasteiger partial charge in [0, 0.05) is 25.2 Å². The van der Waals surface area contributed by atoms with Crippen molar-refractivity contribution in [1.82, 2.24) is 24.9 Å². The normalized spacial score (nSPS) is 17.9. The van der Waals surface area contributed by atoms with Gasteiger partial charge >= 0.3 is 5.97 Å². The molecule has 3 rings (SSSR count). The highest BCUT2D eigenvalue weighted by Crippen LogP contribution is 2.28. The molecule has 2 aromatic rings. The van der Waals surface area contributed by atoms with E-state index in [0.717, 1.165) is 18.5 Å². The number of halogens is 1. The molecular formula is C14H17ClN6O3. The van der Waals surface area contributed by atoms with Crippen molar-refractivity contribution < 1.29 is 14.7 Å². The van der Waals surface area contributed by atoms with Crippen LogP contribution in [-0.4, -0.2) is 55.0 Å². The molecule has 0 bridgehead atoms. The van der Waals surface area contributed by atoms with Gasteiger partial charge in [-0.3, -0.25) is 19.4 Å². The van der Waals surface area contributed by atoms with Crippen molar-refractivity contribution in [2.45, 2.75) is 25.3 Å². The average molecular weight is 353 g/mol. The van der Waals surface area contributed by atoms with Crippen molar-refractivity contribution in [2.24, 2.45) is 0 Å². The molecule has 0 aliphatic carbocycles. The second-order valence-electron chi connectivity index (χ2n) is 5.72. The molecule has 1 unspecified atom stereocenters. The van der Waals surface area contributed by atoms with E-state index in [9.17, 15) is 9.59 Å². The van der Waals surface area contributed by atoms with Crippen LogP contribution in [0.2, 0.25) is 5.02 Å². The van der Waals surface area contributed by atoms with Gasteiger partial charge in [-0.2, -0.15) is 10.2 Å². The fraction of sp³-hybridized carbons (Fsp3) is 0.429. The maximum absolute atomic E-state index is 12.6. The molecule has 0 aromatic carbocycles. The number of hydrogen-bond donors (Lipinski definition) is 3. The lowest BCUT2D eigenvalue weighted by Crippen LogP contribution is -2.39.